The highest BCUT2D eigenvalue weighted by Crippen LogP contribution is 2.34. The first-order valence-electron chi connectivity index (χ1n) is 7.78. The van der Waals surface area contributed by atoms with Gasteiger partial charge >= 0.3 is 0 Å². The van der Waals surface area contributed by atoms with Gasteiger partial charge in [0.2, 0.25) is 4.96 Å². The Morgan fingerprint density at radius 3 is 2.70 bits per heavy atom. The molecule has 2 saturated carbocycles. The fourth-order valence-electron chi connectivity index (χ4n) is 3.26. The Balaban J connectivity index is 1.57. The van der Waals surface area contributed by atoms with Crippen molar-refractivity contribution in [1.82, 2.24) is 19.8 Å². The van der Waals surface area contributed by atoms with Crippen molar-refractivity contribution >= 4 is 16.3 Å². The summed E-state index contributed by atoms with van der Waals surface area (Å²) in [6.45, 7) is 0. The lowest BCUT2D eigenvalue weighted by molar-refractivity contribution is 0.422. The van der Waals surface area contributed by atoms with Gasteiger partial charge < -0.3 is 5.73 Å². The summed E-state index contributed by atoms with van der Waals surface area (Å²) in [5.41, 5.74) is 6.20. The van der Waals surface area contributed by atoms with E-state index in [4.69, 9.17) is 10.8 Å². The van der Waals surface area contributed by atoms with E-state index in [0.717, 1.165) is 28.1 Å². The summed E-state index contributed by atoms with van der Waals surface area (Å²) in [4.78, 5) is 0.934. The monoisotopic (exact) mass is 291 g/mol. The number of hydrogen-bond acceptors (Lipinski definition) is 5. The number of rotatable bonds is 4. The van der Waals surface area contributed by atoms with Gasteiger partial charge in [-0.3, -0.25) is 0 Å². The molecule has 2 aromatic rings. The molecule has 2 heterocycles. The van der Waals surface area contributed by atoms with Crippen molar-refractivity contribution in [1.29, 1.82) is 0 Å². The van der Waals surface area contributed by atoms with E-state index in [1.165, 1.54) is 44.9 Å². The van der Waals surface area contributed by atoms with Crippen LogP contribution < -0.4 is 5.73 Å². The second-order valence-electron chi connectivity index (χ2n) is 6.29. The predicted octanol–water partition coefficient (Wildman–Crippen LogP) is 2.51. The lowest BCUT2D eigenvalue weighted by atomic mass is 9.89. The van der Waals surface area contributed by atoms with Crippen LogP contribution in [0.25, 0.3) is 4.96 Å². The summed E-state index contributed by atoms with van der Waals surface area (Å²) < 4.78 is 1.98. The molecule has 0 amide bonds. The average Bonchev–Trinajstić information content (AvgIpc) is 3.14. The summed E-state index contributed by atoms with van der Waals surface area (Å²) >= 11 is 1.65. The number of hydrogen-bond donors (Lipinski definition) is 1. The lowest BCUT2D eigenvalue weighted by Crippen LogP contribution is -2.25. The topological polar surface area (TPSA) is 69.1 Å². The first-order chi connectivity index (χ1) is 9.81. The Bertz CT molecular complexity index is 594. The molecule has 1 unspecified atom stereocenters. The zero-order valence-corrected chi connectivity index (χ0v) is 12.5. The molecular formula is C14H21N5S. The van der Waals surface area contributed by atoms with E-state index in [-0.39, 0.29) is 6.04 Å². The largest absolute Gasteiger partial charge is 0.327 e. The number of nitrogens with two attached hydrogens (primary N) is 1. The molecule has 108 valence electrons. The van der Waals surface area contributed by atoms with E-state index in [1.807, 2.05) is 4.52 Å². The summed E-state index contributed by atoms with van der Waals surface area (Å²) in [5.74, 6) is 2.34. The summed E-state index contributed by atoms with van der Waals surface area (Å²) in [5, 5.41) is 14.5. The van der Waals surface area contributed by atoms with Crippen LogP contribution in [0, 0.1) is 5.92 Å². The van der Waals surface area contributed by atoms with E-state index in [2.05, 4.69) is 10.2 Å². The maximum absolute atomic E-state index is 6.20. The smallest absolute Gasteiger partial charge is 0.234 e. The van der Waals surface area contributed by atoms with Gasteiger partial charge in [0.1, 0.15) is 5.01 Å². The van der Waals surface area contributed by atoms with Crippen molar-refractivity contribution < 1.29 is 0 Å². The van der Waals surface area contributed by atoms with Crippen molar-refractivity contribution in [2.45, 2.75) is 63.3 Å². The zero-order chi connectivity index (χ0) is 13.5. The Labute approximate surface area is 122 Å². The molecular weight excluding hydrogens is 270 g/mol. The minimum Gasteiger partial charge on any atom is -0.327 e. The van der Waals surface area contributed by atoms with Crippen LogP contribution in [0.3, 0.4) is 0 Å². The fourth-order valence-corrected chi connectivity index (χ4v) is 4.17. The molecule has 0 aliphatic heterocycles. The van der Waals surface area contributed by atoms with Crippen molar-refractivity contribution in [3.8, 4) is 0 Å². The quantitative estimate of drug-likeness (QED) is 0.939. The highest BCUT2D eigenvalue weighted by molar-refractivity contribution is 7.16. The SMILES string of the molecule is NC(Cc1nn2c(C3CCCCC3)nnc2s1)C1CC1. The van der Waals surface area contributed by atoms with Crippen LogP contribution in [-0.2, 0) is 6.42 Å². The maximum Gasteiger partial charge on any atom is 0.234 e. The lowest BCUT2D eigenvalue weighted by Gasteiger charge is -2.18. The standard InChI is InChI=1S/C14H21N5S/c15-11(9-6-7-9)8-12-18-19-13(16-17-14(19)20-12)10-4-2-1-3-5-10/h9-11H,1-8,15H2. The van der Waals surface area contributed by atoms with Gasteiger partial charge in [0.05, 0.1) is 0 Å². The molecule has 6 heteroatoms. The van der Waals surface area contributed by atoms with Gasteiger partial charge in [0.15, 0.2) is 5.82 Å². The molecule has 4 rings (SSSR count). The van der Waals surface area contributed by atoms with Gasteiger partial charge in [-0.25, -0.2) is 0 Å². The molecule has 2 aromatic heterocycles. The molecule has 1 atom stereocenters. The van der Waals surface area contributed by atoms with Gasteiger partial charge in [0.25, 0.3) is 0 Å². The van der Waals surface area contributed by atoms with Gasteiger partial charge in [0, 0.05) is 18.4 Å². The second-order valence-corrected chi connectivity index (χ2v) is 7.33. The molecule has 0 bridgehead atoms. The first-order valence-corrected chi connectivity index (χ1v) is 8.59. The Kier molecular flexibility index (Phi) is 3.22. The van der Waals surface area contributed by atoms with E-state index >= 15 is 0 Å². The van der Waals surface area contributed by atoms with Crippen LogP contribution >= 0.6 is 11.3 Å². The zero-order valence-electron chi connectivity index (χ0n) is 11.7. The van der Waals surface area contributed by atoms with Crippen molar-refractivity contribution in [3.63, 3.8) is 0 Å². The van der Waals surface area contributed by atoms with Crippen LogP contribution in [0.2, 0.25) is 0 Å². The van der Waals surface area contributed by atoms with Crippen molar-refractivity contribution in [2.75, 3.05) is 0 Å². The van der Waals surface area contributed by atoms with E-state index in [1.54, 1.807) is 11.3 Å². The van der Waals surface area contributed by atoms with Crippen molar-refractivity contribution in [3.05, 3.63) is 10.8 Å². The van der Waals surface area contributed by atoms with Crippen LogP contribution in [0.1, 0.15) is 61.7 Å². The predicted molar refractivity (Wildman–Crippen MR) is 78.9 cm³/mol. The number of nitrogens with zero attached hydrogens (tertiary/aromatic N) is 4. The summed E-state index contributed by atoms with van der Waals surface area (Å²) in [6, 6.07) is 0.275. The normalized spacial score (nSPS) is 22.4. The molecule has 0 spiro atoms. The van der Waals surface area contributed by atoms with Gasteiger partial charge in [-0.15, -0.1) is 10.2 Å². The third kappa shape index (κ3) is 2.35. The molecule has 2 aliphatic carbocycles. The van der Waals surface area contributed by atoms with Crippen molar-refractivity contribution in [2.24, 2.45) is 11.7 Å². The third-order valence-electron chi connectivity index (χ3n) is 4.66. The summed E-state index contributed by atoms with van der Waals surface area (Å²) in [7, 11) is 0. The van der Waals surface area contributed by atoms with Crippen LogP contribution in [0.4, 0.5) is 0 Å². The van der Waals surface area contributed by atoms with Crippen LogP contribution in [0.5, 0.6) is 0 Å². The molecule has 2 fully saturated rings. The molecule has 0 saturated heterocycles. The van der Waals surface area contributed by atoms with E-state index in [9.17, 15) is 0 Å². The van der Waals surface area contributed by atoms with Gasteiger partial charge in [-0.1, -0.05) is 30.6 Å². The minimum absolute atomic E-state index is 0.275. The minimum atomic E-state index is 0.275. The molecule has 0 aromatic carbocycles. The van der Waals surface area contributed by atoms with E-state index < -0.39 is 0 Å². The molecule has 2 aliphatic rings. The number of aromatic nitrogens is 4. The Hall–Kier alpha value is -1.01. The highest BCUT2D eigenvalue weighted by Gasteiger charge is 2.30. The molecule has 0 radical (unpaired) electrons. The Morgan fingerprint density at radius 2 is 1.95 bits per heavy atom. The van der Waals surface area contributed by atoms with Crippen LogP contribution in [-0.4, -0.2) is 25.9 Å². The van der Waals surface area contributed by atoms with Gasteiger partial charge in [-0.2, -0.15) is 9.61 Å². The first kappa shape index (κ1) is 12.7. The molecule has 5 nitrogen and oxygen atoms in total. The average molecular weight is 291 g/mol. The maximum atomic E-state index is 6.20. The van der Waals surface area contributed by atoms with Crippen LogP contribution in [0.15, 0.2) is 0 Å². The second kappa shape index (κ2) is 5.07. The fraction of sp³-hybridized carbons (Fsp3) is 0.786. The Morgan fingerprint density at radius 1 is 1.15 bits per heavy atom. The third-order valence-corrected chi connectivity index (χ3v) is 5.59. The number of fused-ring (bicyclic) bond motifs is 1. The summed E-state index contributed by atoms with van der Waals surface area (Å²) in [6.07, 6.45) is 9.91. The van der Waals surface area contributed by atoms with Gasteiger partial charge in [-0.05, 0) is 31.6 Å². The van der Waals surface area contributed by atoms with E-state index in [0.29, 0.717) is 5.92 Å². The molecule has 20 heavy (non-hydrogen) atoms. The molecule has 2 N–H and O–H groups in total. The highest BCUT2D eigenvalue weighted by atomic mass is 32.1.